The minimum absolute atomic E-state index is 0.579. The van der Waals surface area contributed by atoms with Gasteiger partial charge in [0, 0.05) is 16.7 Å². The third kappa shape index (κ3) is 2.20. The van der Waals surface area contributed by atoms with Gasteiger partial charge in [-0.1, -0.05) is 65.7 Å². The fraction of sp³-hybridized carbons (Fsp3) is 0.158. The number of aromatic nitrogens is 2. The zero-order chi connectivity index (χ0) is 15.1. The molecule has 0 unspecified atom stereocenters. The molecule has 0 amide bonds. The van der Waals surface area contributed by atoms with E-state index in [-0.39, 0.29) is 0 Å². The third-order valence-corrected chi connectivity index (χ3v) is 4.50. The largest absolute Gasteiger partial charge is 0.228 e. The summed E-state index contributed by atoms with van der Waals surface area (Å²) in [6, 6.07) is 16.6. The second kappa shape index (κ2) is 5.22. The van der Waals surface area contributed by atoms with E-state index < -0.39 is 0 Å². The van der Waals surface area contributed by atoms with E-state index in [1.54, 1.807) is 0 Å². The summed E-state index contributed by atoms with van der Waals surface area (Å²) >= 11 is 6.44. The molecule has 22 heavy (non-hydrogen) atoms. The Hall–Kier alpha value is -2.19. The van der Waals surface area contributed by atoms with Gasteiger partial charge < -0.3 is 0 Å². The molecule has 0 N–H and O–H groups in total. The number of hydrogen-bond acceptors (Lipinski definition) is 2. The van der Waals surface area contributed by atoms with Gasteiger partial charge in [-0.15, -0.1) is 0 Å². The normalized spacial score (nSPS) is 12.6. The van der Waals surface area contributed by atoms with E-state index in [0.29, 0.717) is 11.0 Å². The fourth-order valence-electron chi connectivity index (χ4n) is 2.96. The van der Waals surface area contributed by atoms with Crippen LogP contribution in [0.15, 0.2) is 48.5 Å². The molecule has 2 aromatic carbocycles. The van der Waals surface area contributed by atoms with Gasteiger partial charge in [0.25, 0.3) is 0 Å². The number of rotatable bonds is 1. The van der Waals surface area contributed by atoms with E-state index in [4.69, 9.17) is 16.6 Å². The maximum Gasteiger partial charge on any atom is 0.161 e. The van der Waals surface area contributed by atoms with Crippen LogP contribution in [0.25, 0.3) is 22.6 Å². The summed E-state index contributed by atoms with van der Waals surface area (Å²) in [4.78, 5) is 9.33. The van der Waals surface area contributed by atoms with Crippen LogP contribution in [0.1, 0.15) is 16.7 Å². The Labute approximate surface area is 134 Å². The summed E-state index contributed by atoms with van der Waals surface area (Å²) in [5, 5.41) is 0.579. The summed E-state index contributed by atoms with van der Waals surface area (Å²) in [6.45, 7) is 2.07. The first-order chi connectivity index (χ1) is 10.7. The molecular weight excluding hydrogens is 292 g/mol. The molecule has 1 aliphatic carbocycles. The first kappa shape index (κ1) is 13.5. The quantitative estimate of drug-likeness (QED) is 0.599. The maximum absolute atomic E-state index is 6.44. The average molecular weight is 307 g/mol. The van der Waals surface area contributed by atoms with Gasteiger partial charge in [-0.25, -0.2) is 9.97 Å². The van der Waals surface area contributed by atoms with Crippen LogP contribution in [0.2, 0.25) is 5.15 Å². The van der Waals surface area contributed by atoms with Crippen molar-refractivity contribution in [3.8, 4) is 22.6 Å². The van der Waals surface area contributed by atoms with Crippen molar-refractivity contribution in [1.29, 1.82) is 0 Å². The van der Waals surface area contributed by atoms with Gasteiger partial charge >= 0.3 is 0 Å². The molecular formula is C19H15ClN2. The van der Waals surface area contributed by atoms with E-state index in [0.717, 1.165) is 29.7 Å². The van der Waals surface area contributed by atoms with Crippen molar-refractivity contribution in [3.05, 3.63) is 70.4 Å². The maximum atomic E-state index is 6.44. The highest BCUT2D eigenvalue weighted by molar-refractivity contribution is 6.30. The van der Waals surface area contributed by atoms with Crippen molar-refractivity contribution >= 4 is 11.6 Å². The van der Waals surface area contributed by atoms with Crippen LogP contribution in [0.5, 0.6) is 0 Å². The number of fused-ring (bicyclic) bond motifs is 3. The lowest BCUT2D eigenvalue weighted by atomic mass is 9.90. The number of hydrogen-bond donors (Lipinski definition) is 0. The third-order valence-electron chi connectivity index (χ3n) is 4.18. The van der Waals surface area contributed by atoms with Crippen LogP contribution in [-0.4, -0.2) is 9.97 Å². The summed E-state index contributed by atoms with van der Waals surface area (Å²) in [5.41, 5.74) is 6.78. The lowest BCUT2D eigenvalue weighted by molar-refractivity contribution is 0.913. The van der Waals surface area contributed by atoms with Gasteiger partial charge in [0.15, 0.2) is 5.82 Å². The molecule has 3 heteroatoms. The summed E-state index contributed by atoms with van der Waals surface area (Å²) < 4.78 is 0. The molecule has 108 valence electrons. The molecule has 0 bridgehead atoms. The van der Waals surface area contributed by atoms with Crippen LogP contribution < -0.4 is 0 Å². The SMILES string of the molecule is Cc1ccc(-c2nc(Cl)c3c(n2)-c2ccccc2CC3)cc1. The average Bonchev–Trinajstić information content (AvgIpc) is 2.55. The van der Waals surface area contributed by atoms with Crippen molar-refractivity contribution in [2.24, 2.45) is 0 Å². The fourth-order valence-corrected chi connectivity index (χ4v) is 3.23. The first-order valence-electron chi connectivity index (χ1n) is 7.44. The minimum atomic E-state index is 0.579. The molecule has 0 spiro atoms. The highest BCUT2D eigenvalue weighted by Gasteiger charge is 2.21. The van der Waals surface area contributed by atoms with E-state index in [1.165, 1.54) is 16.7 Å². The van der Waals surface area contributed by atoms with E-state index in [1.807, 2.05) is 12.1 Å². The van der Waals surface area contributed by atoms with Crippen LogP contribution >= 0.6 is 11.6 Å². The second-order valence-corrected chi connectivity index (χ2v) is 6.05. The Balaban J connectivity index is 1.92. The number of halogens is 1. The zero-order valence-corrected chi connectivity index (χ0v) is 13.1. The Morgan fingerprint density at radius 1 is 0.909 bits per heavy atom. The molecule has 3 aromatic rings. The Kier molecular flexibility index (Phi) is 3.20. The van der Waals surface area contributed by atoms with Gasteiger partial charge in [-0.2, -0.15) is 0 Å². The molecule has 4 rings (SSSR count). The molecule has 1 aromatic heterocycles. The number of nitrogens with zero attached hydrogens (tertiary/aromatic N) is 2. The van der Waals surface area contributed by atoms with Crippen molar-refractivity contribution in [3.63, 3.8) is 0 Å². The zero-order valence-electron chi connectivity index (χ0n) is 12.3. The van der Waals surface area contributed by atoms with E-state index in [9.17, 15) is 0 Å². The standard InChI is InChI=1S/C19H15ClN2/c1-12-6-8-14(9-7-12)19-21-17-15-5-3-2-4-13(15)10-11-16(17)18(20)22-19/h2-9H,10-11H2,1H3. The van der Waals surface area contributed by atoms with Crippen LogP contribution in [-0.2, 0) is 12.8 Å². The molecule has 0 fully saturated rings. The predicted octanol–water partition coefficient (Wildman–Crippen LogP) is 4.87. The monoisotopic (exact) mass is 306 g/mol. The Bertz CT molecular complexity index is 854. The lowest BCUT2D eigenvalue weighted by Crippen LogP contribution is -2.08. The summed E-state index contributed by atoms with van der Waals surface area (Å²) in [5.74, 6) is 0.695. The van der Waals surface area contributed by atoms with Crippen LogP contribution in [0, 0.1) is 6.92 Å². The highest BCUT2D eigenvalue weighted by Crippen LogP contribution is 2.36. The molecule has 0 aliphatic heterocycles. The number of aryl methyl sites for hydroxylation is 2. The van der Waals surface area contributed by atoms with Crippen molar-refractivity contribution in [1.82, 2.24) is 9.97 Å². The van der Waals surface area contributed by atoms with Gasteiger partial charge in [0.2, 0.25) is 0 Å². The van der Waals surface area contributed by atoms with Gasteiger partial charge in [-0.05, 0) is 25.3 Å². The van der Waals surface area contributed by atoms with Gasteiger partial charge in [0.05, 0.1) is 5.69 Å². The van der Waals surface area contributed by atoms with Gasteiger partial charge in [-0.3, -0.25) is 0 Å². The topological polar surface area (TPSA) is 25.8 Å². The van der Waals surface area contributed by atoms with Crippen molar-refractivity contribution in [2.75, 3.05) is 0 Å². The minimum Gasteiger partial charge on any atom is -0.228 e. The number of benzene rings is 2. The molecule has 0 saturated heterocycles. The predicted molar refractivity (Wildman–Crippen MR) is 90.1 cm³/mol. The highest BCUT2D eigenvalue weighted by atomic mass is 35.5. The molecule has 1 aliphatic rings. The van der Waals surface area contributed by atoms with Crippen molar-refractivity contribution < 1.29 is 0 Å². The van der Waals surface area contributed by atoms with Crippen LogP contribution in [0.3, 0.4) is 0 Å². The second-order valence-electron chi connectivity index (χ2n) is 5.69. The van der Waals surface area contributed by atoms with Crippen molar-refractivity contribution in [2.45, 2.75) is 19.8 Å². The van der Waals surface area contributed by atoms with E-state index in [2.05, 4.69) is 48.3 Å². The first-order valence-corrected chi connectivity index (χ1v) is 7.82. The smallest absolute Gasteiger partial charge is 0.161 e. The van der Waals surface area contributed by atoms with E-state index >= 15 is 0 Å². The lowest BCUT2D eigenvalue weighted by Gasteiger charge is -2.20. The summed E-state index contributed by atoms with van der Waals surface area (Å²) in [7, 11) is 0. The molecule has 0 atom stereocenters. The Morgan fingerprint density at radius 3 is 2.50 bits per heavy atom. The molecule has 0 radical (unpaired) electrons. The van der Waals surface area contributed by atoms with Crippen LogP contribution in [0.4, 0.5) is 0 Å². The molecule has 0 saturated carbocycles. The molecule has 2 nitrogen and oxygen atoms in total. The Morgan fingerprint density at radius 2 is 1.68 bits per heavy atom. The van der Waals surface area contributed by atoms with Gasteiger partial charge in [0.1, 0.15) is 5.15 Å². The molecule has 1 heterocycles. The summed E-state index contributed by atoms with van der Waals surface area (Å²) in [6.07, 6.45) is 1.90.